The van der Waals surface area contributed by atoms with Gasteiger partial charge in [0.15, 0.2) is 6.10 Å². The van der Waals surface area contributed by atoms with E-state index in [0.717, 1.165) is 42.4 Å². The van der Waals surface area contributed by atoms with E-state index in [-0.39, 0.29) is 6.61 Å². The minimum atomic E-state index is -1.16. The summed E-state index contributed by atoms with van der Waals surface area (Å²) < 4.78 is 12.3. The van der Waals surface area contributed by atoms with Gasteiger partial charge < -0.3 is 14.6 Å². The average Bonchev–Trinajstić information content (AvgIpc) is 2.97. The third kappa shape index (κ3) is 5.91. The van der Waals surface area contributed by atoms with Gasteiger partial charge in [0.2, 0.25) is 0 Å². The summed E-state index contributed by atoms with van der Waals surface area (Å²) in [6.07, 6.45) is 3.76. The highest BCUT2D eigenvalue weighted by Crippen LogP contribution is 2.46. The molecule has 3 aromatic rings. The van der Waals surface area contributed by atoms with E-state index >= 15 is 0 Å². The lowest BCUT2D eigenvalue weighted by molar-refractivity contribution is -0.185. The van der Waals surface area contributed by atoms with Crippen molar-refractivity contribution in [3.05, 3.63) is 108 Å². The number of aliphatic carboxylic acids is 1. The van der Waals surface area contributed by atoms with Crippen LogP contribution in [0.25, 0.3) is 0 Å². The second kappa shape index (κ2) is 12.3. The van der Waals surface area contributed by atoms with Crippen molar-refractivity contribution < 1.29 is 24.2 Å². The first-order chi connectivity index (χ1) is 18.6. The van der Waals surface area contributed by atoms with Crippen LogP contribution in [0.4, 0.5) is 4.79 Å². The van der Waals surface area contributed by atoms with Crippen LogP contribution in [0.15, 0.2) is 91.0 Å². The van der Waals surface area contributed by atoms with Crippen molar-refractivity contribution in [2.24, 2.45) is 5.92 Å². The number of carboxylic acids is 1. The topological polar surface area (TPSA) is 76.1 Å². The van der Waals surface area contributed by atoms with Gasteiger partial charge in [0.1, 0.15) is 12.7 Å². The molecular formula is C32H35NO5. The van der Waals surface area contributed by atoms with Gasteiger partial charge in [-0.25, -0.2) is 9.59 Å². The number of benzene rings is 3. The SMILES string of the molecule is O=C(O)C1O[C@@H](c2ccccc2)[C@@H](c2ccccc2)N(C(=O)OCc2ccccc2)[C@@H]1CC1CCCCC1. The summed E-state index contributed by atoms with van der Waals surface area (Å²) in [6.45, 7) is 0.114. The predicted molar refractivity (Wildman–Crippen MR) is 144 cm³/mol. The fraction of sp³-hybridized carbons (Fsp3) is 0.375. The summed E-state index contributed by atoms with van der Waals surface area (Å²) in [7, 11) is 0. The predicted octanol–water partition coefficient (Wildman–Crippen LogP) is 6.93. The minimum absolute atomic E-state index is 0.114. The number of hydrogen-bond donors (Lipinski definition) is 1. The zero-order chi connectivity index (χ0) is 26.3. The first-order valence-corrected chi connectivity index (χ1v) is 13.6. The van der Waals surface area contributed by atoms with Crippen molar-refractivity contribution in [1.82, 2.24) is 4.90 Å². The van der Waals surface area contributed by atoms with Crippen LogP contribution >= 0.6 is 0 Å². The third-order valence-electron chi connectivity index (χ3n) is 7.81. The summed E-state index contributed by atoms with van der Waals surface area (Å²) >= 11 is 0. The van der Waals surface area contributed by atoms with Gasteiger partial charge in [0, 0.05) is 0 Å². The fourth-order valence-electron chi connectivity index (χ4n) is 5.98. The number of nitrogens with zero attached hydrogens (tertiary/aromatic N) is 1. The van der Waals surface area contributed by atoms with Crippen LogP contribution in [0.2, 0.25) is 0 Å². The Kier molecular flexibility index (Phi) is 8.39. The summed E-state index contributed by atoms with van der Waals surface area (Å²) in [4.78, 5) is 28.4. The molecule has 1 aliphatic heterocycles. The van der Waals surface area contributed by atoms with Gasteiger partial charge >= 0.3 is 12.1 Å². The van der Waals surface area contributed by atoms with Crippen LogP contribution in [0.1, 0.15) is 67.4 Å². The molecule has 6 nitrogen and oxygen atoms in total. The highest BCUT2D eigenvalue weighted by Gasteiger charge is 2.51. The Morgan fingerprint density at radius 3 is 2.00 bits per heavy atom. The van der Waals surface area contributed by atoms with E-state index in [1.807, 2.05) is 91.0 Å². The van der Waals surface area contributed by atoms with Crippen molar-refractivity contribution in [3.63, 3.8) is 0 Å². The number of rotatable bonds is 7. The number of carbonyl (C=O) groups is 2. The van der Waals surface area contributed by atoms with E-state index in [1.165, 1.54) is 6.42 Å². The molecule has 4 atom stereocenters. The summed E-state index contributed by atoms with van der Waals surface area (Å²) in [5, 5.41) is 10.4. The van der Waals surface area contributed by atoms with Crippen molar-refractivity contribution >= 4 is 12.1 Å². The average molecular weight is 514 g/mol. The van der Waals surface area contributed by atoms with E-state index in [0.29, 0.717) is 12.3 Å². The molecule has 6 heteroatoms. The summed E-state index contributed by atoms with van der Waals surface area (Å²) in [5.74, 6) is -0.715. The quantitative estimate of drug-likeness (QED) is 0.371. The number of amides is 1. The van der Waals surface area contributed by atoms with Gasteiger partial charge in [-0.15, -0.1) is 0 Å². The molecule has 1 aliphatic carbocycles. The molecule has 0 aromatic heterocycles. The largest absolute Gasteiger partial charge is 0.479 e. The Balaban J connectivity index is 1.56. The molecule has 1 heterocycles. The zero-order valence-electron chi connectivity index (χ0n) is 21.5. The van der Waals surface area contributed by atoms with E-state index in [9.17, 15) is 14.7 Å². The molecular weight excluding hydrogens is 478 g/mol. The summed E-state index contributed by atoms with van der Waals surface area (Å²) in [6, 6.07) is 27.7. The van der Waals surface area contributed by atoms with E-state index in [4.69, 9.17) is 9.47 Å². The molecule has 1 saturated heterocycles. The van der Waals surface area contributed by atoms with Gasteiger partial charge in [-0.2, -0.15) is 0 Å². The normalized spacial score (nSPS) is 24.1. The lowest BCUT2D eigenvalue weighted by Crippen LogP contribution is -2.59. The zero-order valence-corrected chi connectivity index (χ0v) is 21.5. The molecule has 2 fully saturated rings. The smallest absolute Gasteiger partial charge is 0.411 e. The maximum atomic E-state index is 14.0. The fourth-order valence-corrected chi connectivity index (χ4v) is 5.98. The molecule has 0 radical (unpaired) electrons. The number of hydrogen-bond acceptors (Lipinski definition) is 4. The standard InChI is InChI=1S/C32H35NO5/c34-31(35)30-27(21-23-13-5-1-6-14-23)33(32(36)37-22-24-15-7-2-8-16-24)28(25-17-9-3-10-18-25)29(38-30)26-19-11-4-12-20-26/h2-4,7-12,15-20,23,27-30H,1,5-6,13-14,21-22H2,(H,34,35)/t27-,28-,29+,30?/m1/s1. The Labute approximate surface area is 224 Å². The summed E-state index contributed by atoms with van der Waals surface area (Å²) in [5.41, 5.74) is 2.59. The molecule has 2 aliphatic rings. The lowest BCUT2D eigenvalue weighted by atomic mass is 9.81. The highest BCUT2D eigenvalue weighted by atomic mass is 16.6. The molecule has 1 amide bonds. The second-order valence-corrected chi connectivity index (χ2v) is 10.3. The Morgan fingerprint density at radius 2 is 1.39 bits per heavy atom. The van der Waals surface area contributed by atoms with Crippen LogP contribution in [-0.4, -0.2) is 34.2 Å². The highest BCUT2D eigenvalue weighted by molar-refractivity contribution is 5.76. The molecule has 3 aromatic carbocycles. The maximum absolute atomic E-state index is 14.0. The van der Waals surface area contributed by atoms with Crippen molar-refractivity contribution in [2.75, 3.05) is 0 Å². The van der Waals surface area contributed by atoms with E-state index in [2.05, 4.69) is 0 Å². The number of morpholine rings is 1. The van der Waals surface area contributed by atoms with E-state index < -0.39 is 36.4 Å². The molecule has 0 bridgehead atoms. The van der Waals surface area contributed by atoms with Crippen LogP contribution in [-0.2, 0) is 20.9 Å². The van der Waals surface area contributed by atoms with Crippen molar-refractivity contribution in [3.8, 4) is 0 Å². The van der Waals surface area contributed by atoms with Gasteiger partial charge in [-0.3, -0.25) is 4.90 Å². The molecule has 1 saturated carbocycles. The number of ether oxygens (including phenoxy) is 2. The first kappa shape index (κ1) is 26.0. The van der Waals surface area contributed by atoms with Crippen LogP contribution in [0.3, 0.4) is 0 Å². The molecule has 0 spiro atoms. The monoisotopic (exact) mass is 513 g/mol. The number of carbonyl (C=O) groups excluding carboxylic acids is 1. The van der Waals surface area contributed by atoms with Crippen LogP contribution < -0.4 is 0 Å². The Morgan fingerprint density at radius 1 is 0.816 bits per heavy atom. The maximum Gasteiger partial charge on any atom is 0.411 e. The molecule has 38 heavy (non-hydrogen) atoms. The van der Waals surface area contributed by atoms with Gasteiger partial charge in [-0.05, 0) is 29.0 Å². The van der Waals surface area contributed by atoms with Gasteiger partial charge in [0.05, 0.1) is 12.1 Å². The Bertz CT molecular complexity index is 1180. The van der Waals surface area contributed by atoms with Gasteiger partial charge in [0.25, 0.3) is 0 Å². The third-order valence-corrected chi connectivity index (χ3v) is 7.81. The minimum Gasteiger partial charge on any atom is -0.479 e. The molecule has 198 valence electrons. The second-order valence-electron chi connectivity index (χ2n) is 10.3. The number of carboxylic acid groups (broad SMARTS) is 1. The van der Waals surface area contributed by atoms with Gasteiger partial charge in [-0.1, -0.05) is 123 Å². The van der Waals surface area contributed by atoms with Crippen LogP contribution in [0, 0.1) is 5.92 Å². The first-order valence-electron chi connectivity index (χ1n) is 13.6. The van der Waals surface area contributed by atoms with Crippen molar-refractivity contribution in [2.45, 2.75) is 69.4 Å². The molecule has 1 unspecified atom stereocenters. The molecule has 1 N–H and O–H groups in total. The van der Waals surface area contributed by atoms with E-state index in [1.54, 1.807) is 4.90 Å². The van der Waals surface area contributed by atoms with Crippen LogP contribution in [0.5, 0.6) is 0 Å². The lowest BCUT2D eigenvalue weighted by Gasteiger charge is -2.49. The Hall–Kier alpha value is -3.64. The molecule has 5 rings (SSSR count). The van der Waals surface area contributed by atoms with Crippen molar-refractivity contribution in [1.29, 1.82) is 0 Å².